The van der Waals surface area contributed by atoms with Gasteiger partial charge in [-0.15, -0.1) is 0 Å². The van der Waals surface area contributed by atoms with Crippen LogP contribution in [0.5, 0.6) is 0 Å². The highest BCUT2D eigenvalue weighted by atomic mass is 16.5. The van der Waals surface area contributed by atoms with Crippen LogP contribution in [0.1, 0.15) is 25.3 Å². The van der Waals surface area contributed by atoms with Crippen LogP contribution >= 0.6 is 0 Å². The van der Waals surface area contributed by atoms with E-state index in [0.717, 1.165) is 44.9 Å². The lowest BCUT2D eigenvalue weighted by Crippen LogP contribution is -2.40. The van der Waals surface area contributed by atoms with Crippen LogP contribution in [0, 0.1) is 5.92 Å². The van der Waals surface area contributed by atoms with Gasteiger partial charge in [-0.1, -0.05) is 37.3 Å². The normalized spacial score (nSPS) is 16.1. The lowest BCUT2D eigenvalue weighted by atomic mass is 9.99. The van der Waals surface area contributed by atoms with Gasteiger partial charge in [0, 0.05) is 26.2 Å². The number of piperidine rings is 1. The van der Waals surface area contributed by atoms with Crippen LogP contribution in [0.2, 0.25) is 0 Å². The second kappa shape index (κ2) is 8.80. The van der Waals surface area contributed by atoms with E-state index in [2.05, 4.69) is 24.4 Å². The third-order valence-electron chi connectivity index (χ3n) is 3.96. The molecule has 116 valence electrons. The summed E-state index contributed by atoms with van der Waals surface area (Å²) >= 11 is 0. The molecule has 0 radical (unpaired) electrons. The van der Waals surface area contributed by atoms with E-state index >= 15 is 0 Å². The fraction of sp³-hybridized carbons (Fsp3) is 0.588. The number of benzene rings is 1. The Morgan fingerprint density at radius 1 is 1.29 bits per heavy atom. The standard InChI is InChI=1S/C17H26N2O2/c1-15-7-10-19(11-8-15)17(20)14-21-12-9-18-13-16-5-3-2-4-6-16/h2-6,15,18H,7-14H2,1H3. The Labute approximate surface area is 127 Å². The molecule has 0 saturated carbocycles. The molecule has 21 heavy (non-hydrogen) atoms. The molecule has 4 heteroatoms. The number of nitrogens with one attached hydrogen (secondary N) is 1. The Morgan fingerprint density at radius 3 is 2.71 bits per heavy atom. The van der Waals surface area contributed by atoms with E-state index in [9.17, 15) is 4.79 Å². The number of ether oxygens (including phenoxy) is 1. The summed E-state index contributed by atoms with van der Waals surface area (Å²) in [6.07, 6.45) is 2.23. The first-order valence-electron chi connectivity index (χ1n) is 7.86. The fourth-order valence-electron chi connectivity index (χ4n) is 2.48. The summed E-state index contributed by atoms with van der Waals surface area (Å²) in [6.45, 7) is 6.40. The van der Waals surface area contributed by atoms with Gasteiger partial charge < -0.3 is 15.0 Å². The van der Waals surface area contributed by atoms with Gasteiger partial charge in [0.1, 0.15) is 6.61 Å². The minimum absolute atomic E-state index is 0.130. The highest BCUT2D eigenvalue weighted by molar-refractivity contribution is 5.77. The lowest BCUT2D eigenvalue weighted by molar-refractivity contribution is -0.137. The van der Waals surface area contributed by atoms with Crippen molar-refractivity contribution in [2.45, 2.75) is 26.3 Å². The summed E-state index contributed by atoms with van der Waals surface area (Å²) in [6, 6.07) is 10.3. The predicted octanol–water partition coefficient (Wildman–Crippen LogP) is 2.05. The summed E-state index contributed by atoms with van der Waals surface area (Å²) in [7, 11) is 0. The van der Waals surface area contributed by atoms with Crippen molar-refractivity contribution in [3.8, 4) is 0 Å². The van der Waals surface area contributed by atoms with Crippen LogP contribution in [-0.4, -0.2) is 43.7 Å². The highest BCUT2D eigenvalue weighted by Gasteiger charge is 2.19. The van der Waals surface area contributed by atoms with Crippen molar-refractivity contribution < 1.29 is 9.53 Å². The van der Waals surface area contributed by atoms with Gasteiger partial charge in [-0.2, -0.15) is 0 Å². The number of hydrogen-bond acceptors (Lipinski definition) is 3. The number of carbonyl (C=O) groups is 1. The highest BCUT2D eigenvalue weighted by Crippen LogP contribution is 2.15. The minimum atomic E-state index is 0.130. The zero-order valence-electron chi connectivity index (χ0n) is 12.9. The molecule has 0 bridgehead atoms. The van der Waals surface area contributed by atoms with E-state index in [-0.39, 0.29) is 12.5 Å². The van der Waals surface area contributed by atoms with Crippen molar-refractivity contribution in [2.24, 2.45) is 5.92 Å². The number of amides is 1. The van der Waals surface area contributed by atoms with Crippen molar-refractivity contribution in [1.82, 2.24) is 10.2 Å². The first-order chi connectivity index (χ1) is 10.3. The molecule has 1 heterocycles. The molecule has 0 unspecified atom stereocenters. The number of carbonyl (C=O) groups excluding carboxylic acids is 1. The first-order valence-corrected chi connectivity index (χ1v) is 7.86. The van der Waals surface area contributed by atoms with E-state index < -0.39 is 0 Å². The molecule has 1 N–H and O–H groups in total. The van der Waals surface area contributed by atoms with Crippen LogP contribution in [0.4, 0.5) is 0 Å². The Bertz CT molecular complexity index is 414. The summed E-state index contributed by atoms with van der Waals surface area (Å²) in [5.74, 6) is 0.877. The zero-order valence-corrected chi connectivity index (χ0v) is 12.9. The van der Waals surface area contributed by atoms with Gasteiger partial charge in [0.15, 0.2) is 0 Å². The van der Waals surface area contributed by atoms with Gasteiger partial charge >= 0.3 is 0 Å². The average molecular weight is 290 g/mol. The molecule has 1 fully saturated rings. The van der Waals surface area contributed by atoms with Crippen molar-refractivity contribution in [2.75, 3.05) is 32.8 Å². The second-order valence-electron chi connectivity index (χ2n) is 5.78. The molecular formula is C17H26N2O2. The Balaban J connectivity index is 1.50. The maximum atomic E-state index is 11.9. The van der Waals surface area contributed by atoms with E-state index in [0.29, 0.717) is 6.61 Å². The molecule has 0 aromatic heterocycles. The smallest absolute Gasteiger partial charge is 0.248 e. The quantitative estimate of drug-likeness (QED) is 0.782. The maximum absolute atomic E-state index is 11.9. The fourth-order valence-corrected chi connectivity index (χ4v) is 2.48. The van der Waals surface area contributed by atoms with Crippen molar-refractivity contribution in [3.05, 3.63) is 35.9 Å². The third-order valence-corrected chi connectivity index (χ3v) is 3.96. The molecule has 1 aromatic rings. The monoisotopic (exact) mass is 290 g/mol. The number of nitrogens with zero attached hydrogens (tertiary/aromatic N) is 1. The van der Waals surface area contributed by atoms with Gasteiger partial charge in [-0.25, -0.2) is 0 Å². The maximum Gasteiger partial charge on any atom is 0.248 e. The SMILES string of the molecule is CC1CCN(C(=O)COCCNCc2ccccc2)CC1. The second-order valence-corrected chi connectivity index (χ2v) is 5.78. The first kappa shape index (κ1) is 16.0. The van der Waals surface area contributed by atoms with Gasteiger partial charge in [0.05, 0.1) is 6.61 Å². The minimum Gasteiger partial charge on any atom is -0.370 e. The van der Waals surface area contributed by atoms with Crippen LogP contribution < -0.4 is 5.32 Å². The van der Waals surface area contributed by atoms with Gasteiger partial charge in [-0.3, -0.25) is 4.79 Å². The molecule has 1 aliphatic rings. The van der Waals surface area contributed by atoms with E-state index in [1.165, 1.54) is 5.56 Å². The molecule has 0 atom stereocenters. The topological polar surface area (TPSA) is 41.6 Å². The van der Waals surface area contributed by atoms with Gasteiger partial charge in [0.2, 0.25) is 5.91 Å². The molecule has 1 aliphatic heterocycles. The lowest BCUT2D eigenvalue weighted by Gasteiger charge is -2.30. The Morgan fingerprint density at radius 2 is 2.00 bits per heavy atom. The molecule has 1 amide bonds. The molecule has 4 nitrogen and oxygen atoms in total. The molecular weight excluding hydrogens is 264 g/mol. The van der Waals surface area contributed by atoms with Crippen LogP contribution in [0.25, 0.3) is 0 Å². The number of likely N-dealkylation sites (tertiary alicyclic amines) is 1. The number of rotatable bonds is 7. The molecule has 1 aromatic carbocycles. The van der Waals surface area contributed by atoms with Crippen LogP contribution in [0.15, 0.2) is 30.3 Å². The van der Waals surface area contributed by atoms with Crippen LogP contribution in [-0.2, 0) is 16.1 Å². The van der Waals surface area contributed by atoms with E-state index in [1.807, 2.05) is 23.1 Å². The van der Waals surface area contributed by atoms with Crippen molar-refractivity contribution >= 4 is 5.91 Å². The molecule has 0 spiro atoms. The van der Waals surface area contributed by atoms with E-state index in [4.69, 9.17) is 4.74 Å². The largest absolute Gasteiger partial charge is 0.370 e. The summed E-state index contributed by atoms with van der Waals surface area (Å²) in [4.78, 5) is 13.9. The molecule has 2 rings (SSSR count). The zero-order chi connectivity index (χ0) is 14.9. The average Bonchev–Trinajstić information content (AvgIpc) is 2.52. The summed E-state index contributed by atoms with van der Waals surface area (Å²) < 4.78 is 5.46. The Hall–Kier alpha value is -1.39. The number of hydrogen-bond donors (Lipinski definition) is 1. The summed E-state index contributed by atoms with van der Waals surface area (Å²) in [5, 5.41) is 3.31. The van der Waals surface area contributed by atoms with Crippen LogP contribution in [0.3, 0.4) is 0 Å². The van der Waals surface area contributed by atoms with E-state index in [1.54, 1.807) is 0 Å². The molecule has 0 aliphatic carbocycles. The van der Waals surface area contributed by atoms with Crippen molar-refractivity contribution in [3.63, 3.8) is 0 Å². The van der Waals surface area contributed by atoms with Crippen molar-refractivity contribution in [1.29, 1.82) is 0 Å². The predicted molar refractivity (Wildman–Crippen MR) is 83.9 cm³/mol. The third kappa shape index (κ3) is 5.86. The van der Waals surface area contributed by atoms with Gasteiger partial charge in [0.25, 0.3) is 0 Å². The Kier molecular flexibility index (Phi) is 6.70. The van der Waals surface area contributed by atoms with Gasteiger partial charge in [-0.05, 0) is 24.3 Å². The summed E-state index contributed by atoms with van der Waals surface area (Å²) in [5.41, 5.74) is 1.26. The molecule has 1 saturated heterocycles.